The van der Waals surface area contributed by atoms with Crippen LogP contribution in [0.3, 0.4) is 0 Å². The topological polar surface area (TPSA) is 82.4 Å². The van der Waals surface area contributed by atoms with Gasteiger partial charge in [0.2, 0.25) is 0 Å². The van der Waals surface area contributed by atoms with E-state index in [-0.39, 0.29) is 52.7 Å². The highest BCUT2D eigenvalue weighted by molar-refractivity contribution is 6.31. The van der Waals surface area contributed by atoms with Crippen molar-refractivity contribution in [1.29, 1.82) is 0 Å². The van der Waals surface area contributed by atoms with Crippen molar-refractivity contribution in [3.8, 4) is 28.4 Å². The highest BCUT2D eigenvalue weighted by atomic mass is 35.5. The molecule has 8 nitrogen and oxygen atoms in total. The van der Waals surface area contributed by atoms with Gasteiger partial charge in [-0.05, 0) is 43.9 Å². The highest BCUT2D eigenvalue weighted by Crippen LogP contribution is 2.40. The zero-order valence-electron chi connectivity index (χ0n) is 21.0. The van der Waals surface area contributed by atoms with Crippen LogP contribution in [0.15, 0.2) is 35.3 Å². The van der Waals surface area contributed by atoms with Gasteiger partial charge in [0.25, 0.3) is 0 Å². The van der Waals surface area contributed by atoms with E-state index >= 15 is 8.78 Å². The second-order valence-corrected chi connectivity index (χ2v) is 10.2. The summed E-state index contributed by atoms with van der Waals surface area (Å²) in [6, 6.07) is 4.39. The summed E-state index contributed by atoms with van der Waals surface area (Å²) in [6.07, 6.45) is 3.24. The van der Waals surface area contributed by atoms with E-state index in [1.165, 1.54) is 12.3 Å². The van der Waals surface area contributed by atoms with Gasteiger partial charge >= 0.3 is 5.69 Å². The van der Waals surface area contributed by atoms with E-state index in [1.807, 2.05) is 11.8 Å². The number of piperidine rings is 1. The van der Waals surface area contributed by atoms with E-state index in [9.17, 15) is 9.18 Å². The molecule has 202 valence electrons. The van der Waals surface area contributed by atoms with Crippen molar-refractivity contribution in [2.45, 2.75) is 32.7 Å². The van der Waals surface area contributed by atoms with Crippen molar-refractivity contribution in [1.82, 2.24) is 19.5 Å². The number of aromatic nitrogens is 4. The van der Waals surface area contributed by atoms with E-state index in [0.717, 1.165) is 35.6 Å². The van der Waals surface area contributed by atoms with Crippen molar-refractivity contribution < 1.29 is 22.6 Å². The quantitative estimate of drug-likeness (QED) is 0.293. The first-order valence-corrected chi connectivity index (χ1v) is 12.9. The molecule has 0 radical (unpaired) electrons. The van der Waals surface area contributed by atoms with Gasteiger partial charge in [0.1, 0.15) is 42.0 Å². The smallest absolute Gasteiger partial charge is 0.356 e. The molecule has 1 saturated heterocycles. The Morgan fingerprint density at radius 1 is 1.00 bits per heavy atom. The zero-order valence-corrected chi connectivity index (χ0v) is 21.8. The van der Waals surface area contributed by atoms with E-state index in [1.54, 1.807) is 0 Å². The Hall–Kier alpha value is -3.86. The van der Waals surface area contributed by atoms with E-state index in [0.29, 0.717) is 12.5 Å². The minimum absolute atomic E-state index is 0.0158. The summed E-state index contributed by atoms with van der Waals surface area (Å²) in [5.74, 6) is -2.59. The standard InChI is InChI=1S/C27H23ClF3N5O3/c1-13-3-4-14(2)35(12-13)25-15-11-18(31)21-20-16(29)5-6-17(30)23(20)39-10-9-38-19-7-8-32-24(28)22(19)36(26(15)33-21)27(37)34-25/h5-8,11,13-14H,3-4,9-10,12H2,1-2H3/t13-,14-/m0/s1. The van der Waals surface area contributed by atoms with Gasteiger partial charge in [-0.15, -0.1) is 0 Å². The molecule has 0 amide bonds. The minimum Gasteiger partial charge on any atom is -0.488 e. The summed E-state index contributed by atoms with van der Waals surface area (Å²) in [7, 11) is 0. The van der Waals surface area contributed by atoms with Crippen LogP contribution in [-0.2, 0) is 0 Å². The molecule has 0 saturated carbocycles. The van der Waals surface area contributed by atoms with Crippen molar-refractivity contribution in [2.75, 3.05) is 24.7 Å². The highest BCUT2D eigenvalue weighted by Gasteiger charge is 2.31. The number of fused-ring (bicyclic) bond motifs is 5. The zero-order chi connectivity index (χ0) is 27.4. The molecule has 6 rings (SSSR count). The van der Waals surface area contributed by atoms with Gasteiger partial charge in [-0.2, -0.15) is 4.98 Å². The van der Waals surface area contributed by atoms with Crippen LogP contribution in [0.5, 0.6) is 11.5 Å². The number of halogens is 4. The Bertz CT molecular complexity index is 1680. The predicted molar refractivity (Wildman–Crippen MR) is 139 cm³/mol. The van der Waals surface area contributed by atoms with Gasteiger partial charge in [0.15, 0.2) is 28.2 Å². The van der Waals surface area contributed by atoms with E-state index in [2.05, 4.69) is 21.9 Å². The van der Waals surface area contributed by atoms with Gasteiger partial charge in [-0.3, -0.25) is 0 Å². The van der Waals surface area contributed by atoms with E-state index < -0.39 is 40.1 Å². The van der Waals surface area contributed by atoms with Crippen molar-refractivity contribution >= 4 is 28.5 Å². The second-order valence-electron chi connectivity index (χ2n) is 9.81. The maximum Gasteiger partial charge on any atom is 0.356 e. The van der Waals surface area contributed by atoms with Gasteiger partial charge in [0.05, 0.1) is 10.9 Å². The molecule has 0 aliphatic carbocycles. The molecule has 39 heavy (non-hydrogen) atoms. The van der Waals surface area contributed by atoms with Crippen LogP contribution in [0, 0.1) is 23.4 Å². The lowest BCUT2D eigenvalue weighted by atomic mass is 9.95. The fraction of sp³-hybridized carbons (Fsp3) is 0.333. The summed E-state index contributed by atoms with van der Waals surface area (Å²) in [6.45, 7) is 4.34. The number of nitrogens with zero attached hydrogens (tertiary/aromatic N) is 5. The second kappa shape index (κ2) is 9.71. The molecular weight excluding hydrogens is 535 g/mol. The lowest BCUT2D eigenvalue weighted by Crippen LogP contribution is -2.43. The fourth-order valence-corrected chi connectivity index (χ4v) is 5.44. The van der Waals surface area contributed by atoms with Crippen LogP contribution in [0.25, 0.3) is 28.0 Å². The molecule has 2 atom stereocenters. The minimum atomic E-state index is -0.947. The molecule has 1 fully saturated rings. The molecule has 12 heteroatoms. The molecule has 4 aromatic rings. The van der Waals surface area contributed by atoms with Crippen molar-refractivity contribution in [3.05, 3.63) is 63.6 Å². The van der Waals surface area contributed by atoms with Crippen LogP contribution in [0.4, 0.5) is 19.0 Å². The maximum absolute atomic E-state index is 15.9. The number of hydrogen-bond donors (Lipinski definition) is 0. The van der Waals surface area contributed by atoms with Gasteiger partial charge in [-0.1, -0.05) is 18.5 Å². The average Bonchev–Trinajstić information content (AvgIpc) is 2.90. The average molecular weight is 558 g/mol. The molecule has 0 spiro atoms. The lowest BCUT2D eigenvalue weighted by Gasteiger charge is -2.38. The Balaban J connectivity index is 1.76. The number of benzene rings is 1. The molecule has 2 aliphatic heterocycles. The fourth-order valence-electron chi connectivity index (χ4n) is 5.21. The first-order valence-electron chi connectivity index (χ1n) is 12.5. The van der Waals surface area contributed by atoms with E-state index in [4.69, 9.17) is 21.1 Å². The largest absolute Gasteiger partial charge is 0.488 e. The molecule has 2 bridgehead atoms. The number of anilines is 1. The lowest BCUT2D eigenvalue weighted by molar-refractivity contribution is 0.211. The van der Waals surface area contributed by atoms with Gasteiger partial charge in [-0.25, -0.2) is 32.5 Å². The Kier molecular flexibility index (Phi) is 6.33. The summed E-state index contributed by atoms with van der Waals surface area (Å²) in [4.78, 5) is 28.5. The molecule has 0 unspecified atom stereocenters. The number of pyridine rings is 2. The number of rotatable bonds is 1. The van der Waals surface area contributed by atoms with Crippen LogP contribution in [0.1, 0.15) is 26.7 Å². The van der Waals surface area contributed by atoms with Crippen molar-refractivity contribution in [3.63, 3.8) is 0 Å². The van der Waals surface area contributed by atoms with Crippen molar-refractivity contribution in [2.24, 2.45) is 5.92 Å². The van der Waals surface area contributed by atoms with Gasteiger partial charge in [0, 0.05) is 24.8 Å². The summed E-state index contributed by atoms with van der Waals surface area (Å²) < 4.78 is 58.3. The van der Waals surface area contributed by atoms with Crippen LogP contribution < -0.4 is 20.1 Å². The maximum atomic E-state index is 15.9. The molecule has 3 aromatic heterocycles. The number of hydrogen-bond acceptors (Lipinski definition) is 7. The third-order valence-corrected chi connectivity index (χ3v) is 7.42. The third kappa shape index (κ3) is 4.25. The summed E-state index contributed by atoms with van der Waals surface area (Å²) in [5.41, 5.74) is -1.82. The first kappa shape index (κ1) is 25.4. The monoisotopic (exact) mass is 557 g/mol. The SMILES string of the molecule is C[C@H]1CC[C@H](C)N(c2nc(=O)n3c4nc(c(F)cc24)-c2c(F)ccc(F)c2OCCOc2ccnc(Cl)c2-3)C1. The molecule has 0 N–H and O–H groups in total. The van der Waals surface area contributed by atoms with Crippen LogP contribution in [-0.4, -0.2) is 45.3 Å². The third-order valence-electron chi connectivity index (χ3n) is 7.14. The molecule has 2 aliphatic rings. The molecule has 5 heterocycles. The number of ether oxygens (including phenoxy) is 2. The van der Waals surface area contributed by atoms with Crippen LogP contribution in [0.2, 0.25) is 5.15 Å². The Labute approximate surface area is 226 Å². The first-order chi connectivity index (χ1) is 18.7. The Morgan fingerprint density at radius 3 is 2.59 bits per heavy atom. The predicted octanol–water partition coefficient (Wildman–Crippen LogP) is 5.31. The summed E-state index contributed by atoms with van der Waals surface area (Å²) in [5, 5.41) is 0.104. The van der Waals surface area contributed by atoms with Crippen LogP contribution >= 0.6 is 11.6 Å². The van der Waals surface area contributed by atoms with Gasteiger partial charge < -0.3 is 14.4 Å². The molecular formula is C27H23ClF3N5O3. The normalized spacial score (nSPS) is 19.0. The Morgan fingerprint density at radius 2 is 1.77 bits per heavy atom. The summed E-state index contributed by atoms with van der Waals surface area (Å²) >= 11 is 6.46. The molecule has 1 aromatic carbocycles.